The lowest BCUT2D eigenvalue weighted by Crippen LogP contribution is -2.06. The number of hydrogen-bond donors (Lipinski definition) is 0. The second-order valence-electron chi connectivity index (χ2n) is 3.81. The third-order valence-corrected chi connectivity index (χ3v) is 2.50. The van der Waals surface area contributed by atoms with Crippen LogP contribution in [0.1, 0.15) is 18.3 Å². The molecule has 0 aliphatic carbocycles. The molecule has 1 heterocycles. The summed E-state index contributed by atoms with van der Waals surface area (Å²) in [5.74, 6) is -0.0687. The molecular weight excluding hydrogens is 219 g/mol. The van der Waals surface area contributed by atoms with Crippen molar-refractivity contribution in [1.29, 1.82) is 0 Å². The largest absolute Gasteiger partial charge is 0.484 e. The summed E-state index contributed by atoms with van der Waals surface area (Å²) >= 11 is 0. The van der Waals surface area contributed by atoms with E-state index in [0.29, 0.717) is 6.61 Å². The second-order valence-corrected chi connectivity index (χ2v) is 3.81. The standard InChI is InChI=1S/C13H15FN2O/c1-3-16-11(8-10(2)15-16)9-17-13-7-5-4-6-12(13)14/h4-8H,3,9H2,1-2H3. The van der Waals surface area contributed by atoms with E-state index in [1.807, 2.05) is 24.6 Å². The van der Waals surface area contributed by atoms with Crippen molar-refractivity contribution in [2.24, 2.45) is 0 Å². The minimum absolute atomic E-state index is 0.272. The zero-order chi connectivity index (χ0) is 12.3. The molecule has 0 saturated carbocycles. The molecule has 17 heavy (non-hydrogen) atoms. The molecular formula is C13H15FN2O. The fraction of sp³-hybridized carbons (Fsp3) is 0.308. The van der Waals surface area contributed by atoms with Crippen molar-refractivity contribution in [2.75, 3.05) is 0 Å². The van der Waals surface area contributed by atoms with Crippen LogP contribution < -0.4 is 4.74 Å². The highest BCUT2D eigenvalue weighted by Gasteiger charge is 2.06. The molecule has 90 valence electrons. The van der Waals surface area contributed by atoms with Gasteiger partial charge in [-0.3, -0.25) is 4.68 Å². The van der Waals surface area contributed by atoms with Gasteiger partial charge in [0.05, 0.1) is 11.4 Å². The molecule has 0 bridgehead atoms. The monoisotopic (exact) mass is 234 g/mol. The topological polar surface area (TPSA) is 27.1 Å². The summed E-state index contributed by atoms with van der Waals surface area (Å²) in [6, 6.07) is 8.35. The lowest BCUT2D eigenvalue weighted by Gasteiger charge is -2.08. The number of nitrogens with zero attached hydrogens (tertiary/aromatic N) is 2. The van der Waals surface area contributed by atoms with Gasteiger partial charge in [0.1, 0.15) is 6.61 Å². The van der Waals surface area contributed by atoms with Gasteiger partial charge in [0, 0.05) is 6.54 Å². The van der Waals surface area contributed by atoms with Crippen LogP contribution in [0.25, 0.3) is 0 Å². The van der Waals surface area contributed by atoms with Crippen LogP contribution in [0.15, 0.2) is 30.3 Å². The van der Waals surface area contributed by atoms with Gasteiger partial charge in [0.25, 0.3) is 0 Å². The van der Waals surface area contributed by atoms with E-state index < -0.39 is 0 Å². The van der Waals surface area contributed by atoms with Crippen molar-refractivity contribution < 1.29 is 9.13 Å². The van der Waals surface area contributed by atoms with Gasteiger partial charge in [-0.05, 0) is 32.0 Å². The van der Waals surface area contributed by atoms with Gasteiger partial charge >= 0.3 is 0 Å². The highest BCUT2D eigenvalue weighted by Crippen LogP contribution is 2.17. The van der Waals surface area contributed by atoms with Crippen molar-refractivity contribution in [3.63, 3.8) is 0 Å². The Morgan fingerprint density at radius 3 is 2.82 bits per heavy atom. The maximum Gasteiger partial charge on any atom is 0.165 e. The van der Waals surface area contributed by atoms with Crippen LogP contribution in [0.4, 0.5) is 4.39 Å². The van der Waals surface area contributed by atoms with Crippen LogP contribution in [0, 0.1) is 12.7 Å². The molecule has 1 aromatic carbocycles. The Kier molecular flexibility index (Phi) is 3.42. The fourth-order valence-corrected chi connectivity index (χ4v) is 1.70. The minimum Gasteiger partial charge on any atom is -0.484 e. The highest BCUT2D eigenvalue weighted by atomic mass is 19.1. The van der Waals surface area contributed by atoms with Gasteiger partial charge in [0.2, 0.25) is 0 Å². The maximum atomic E-state index is 13.3. The van der Waals surface area contributed by atoms with Crippen molar-refractivity contribution in [2.45, 2.75) is 27.0 Å². The number of aromatic nitrogens is 2. The average molecular weight is 234 g/mol. The molecule has 0 N–H and O–H groups in total. The van der Waals surface area contributed by atoms with E-state index in [1.54, 1.807) is 18.2 Å². The summed E-state index contributed by atoms with van der Waals surface area (Å²) < 4.78 is 20.6. The number of hydrogen-bond acceptors (Lipinski definition) is 2. The lowest BCUT2D eigenvalue weighted by atomic mass is 10.3. The number of rotatable bonds is 4. The van der Waals surface area contributed by atoms with Crippen LogP contribution in [0.2, 0.25) is 0 Å². The number of aryl methyl sites for hydroxylation is 2. The van der Waals surface area contributed by atoms with Crippen molar-refractivity contribution >= 4 is 0 Å². The Balaban J connectivity index is 2.09. The van der Waals surface area contributed by atoms with Crippen molar-refractivity contribution in [3.8, 4) is 5.75 Å². The molecule has 2 aromatic rings. The normalized spacial score (nSPS) is 10.5. The molecule has 0 aliphatic heterocycles. The summed E-state index contributed by atoms with van der Waals surface area (Å²) in [4.78, 5) is 0. The van der Waals surface area contributed by atoms with Crippen LogP contribution in [0.5, 0.6) is 5.75 Å². The first-order valence-corrected chi connectivity index (χ1v) is 5.61. The lowest BCUT2D eigenvalue weighted by molar-refractivity contribution is 0.278. The van der Waals surface area contributed by atoms with E-state index in [1.165, 1.54) is 6.07 Å². The molecule has 2 rings (SSSR count). The Morgan fingerprint density at radius 1 is 1.35 bits per heavy atom. The summed E-state index contributed by atoms with van der Waals surface area (Å²) in [6.45, 7) is 5.05. The summed E-state index contributed by atoms with van der Waals surface area (Å²) in [6.07, 6.45) is 0. The van der Waals surface area contributed by atoms with E-state index in [0.717, 1.165) is 17.9 Å². The molecule has 3 nitrogen and oxygen atoms in total. The predicted octanol–water partition coefficient (Wildman–Crippen LogP) is 2.93. The van der Waals surface area contributed by atoms with Crippen LogP contribution in [-0.2, 0) is 13.2 Å². The smallest absolute Gasteiger partial charge is 0.165 e. The molecule has 4 heteroatoms. The Labute approximate surface area is 99.8 Å². The molecule has 1 aromatic heterocycles. The Hall–Kier alpha value is -1.84. The van der Waals surface area contributed by atoms with Crippen molar-refractivity contribution in [3.05, 3.63) is 47.5 Å². The molecule has 0 unspecified atom stereocenters. The van der Waals surface area contributed by atoms with E-state index in [-0.39, 0.29) is 11.6 Å². The summed E-state index contributed by atoms with van der Waals surface area (Å²) in [7, 11) is 0. The first-order chi connectivity index (χ1) is 8.20. The summed E-state index contributed by atoms with van der Waals surface area (Å²) in [5, 5.41) is 4.31. The predicted molar refractivity (Wildman–Crippen MR) is 63.4 cm³/mol. The zero-order valence-electron chi connectivity index (χ0n) is 9.98. The van der Waals surface area contributed by atoms with Crippen LogP contribution >= 0.6 is 0 Å². The number of halogens is 1. The maximum absolute atomic E-state index is 13.3. The molecule has 0 amide bonds. The van der Waals surface area contributed by atoms with Gasteiger partial charge < -0.3 is 4.74 Å². The van der Waals surface area contributed by atoms with Gasteiger partial charge in [-0.25, -0.2) is 4.39 Å². The van der Waals surface area contributed by atoms with Crippen LogP contribution in [-0.4, -0.2) is 9.78 Å². The van der Waals surface area contributed by atoms with Gasteiger partial charge in [-0.1, -0.05) is 12.1 Å². The van der Waals surface area contributed by atoms with Crippen LogP contribution in [0.3, 0.4) is 0 Å². The number of para-hydroxylation sites is 1. The SMILES string of the molecule is CCn1nc(C)cc1COc1ccccc1F. The minimum atomic E-state index is -0.341. The van der Waals surface area contributed by atoms with Crippen molar-refractivity contribution in [1.82, 2.24) is 9.78 Å². The molecule has 0 spiro atoms. The third kappa shape index (κ3) is 2.64. The molecule has 0 atom stereocenters. The fourth-order valence-electron chi connectivity index (χ4n) is 1.70. The number of ether oxygens (including phenoxy) is 1. The first-order valence-electron chi connectivity index (χ1n) is 5.61. The van der Waals surface area contributed by atoms with E-state index in [2.05, 4.69) is 5.10 Å². The quantitative estimate of drug-likeness (QED) is 0.813. The van der Waals surface area contributed by atoms with E-state index in [4.69, 9.17) is 4.74 Å². The molecule has 0 saturated heterocycles. The number of benzene rings is 1. The Bertz CT molecular complexity index is 508. The molecule has 0 aliphatic rings. The average Bonchev–Trinajstić information content (AvgIpc) is 2.69. The zero-order valence-corrected chi connectivity index (χ0v) is 9.98. The Morgan fingerprint density at radius 2 is 2.12 bits per heavy atom. The second kappa shape index (κ2) is 4.99. The molecule has 0 radical (unpaired) electrons. The van der Waals surface area contributed by atoms with Gasteiger partial charge in [-0.2, -0.15) is 5.10 Å². The summed E-state index contributed by atoms with van der Waals surface area (Å²) in [5.41, 5.74) is 1.90. The highest BCUT2D eigenvalue weighted by molar-refractivity contribution is 5.24. The van der Waals surface area contributed by atoms with E-state index >= 15 is 0 Å². The third-order valence-electron chi connectivity index (χ3n) is 2.50. The molecule has 0 fully saturated rings. The van der Waals surface area contributed by atoms with E-state index in [9.17, 15) is 4.39 Å². The first kappa shape index (κ1) is 11.6. The van der Waals surface area contributed by atoms with Gasteiger partial charge in [-0.15, -0.1) is 0 Å². The van der Waals surface area contributed by atoms with Gasteiger partial charge in [0.15, 0.2) is 11.6 Å².